The molecule has 0 saturated carbocycles. The van der Waals surface area contributed by atoms with Crippen molar-refractivity contribution in [3.63, 3.8) is 0 Å². The van der Waals surface area contributed by atoms with E-state index < -0.39 is 0 Å². The van der Waals surface area contributed by atoms with Crippen LogP contribution in [0.25, 0.3) is 0 Å². The highest BCUT2D eigenvalue weighted by Crippen LogP contribution is 2.28. The third-order valence-electron chi connectivity index (χ3n) is 4.46. The first-order valence-corrected chi connectivity index (χ1v) is 7.93. The molecule has 0 aliphatic carbocycles. The number of halogens is 1. The normalized spacial score (nSPS) is 24.4. The van der Waals surface area contributed by atoms with Crippen LogP contribution in [0.5, 0.6) is 0 Å². The maximum absolute atomic E-state index is 6.22. The first-order valence-electron chi connectivity index (χ1n) is 7.55. The molecule has 112 valence electrons. The molecule has 0 radical (unpaired) electrons. The van der Waals surface area contributed by atoms with Crippen molar-refractivity contribution in [2.24, 2.45) is 5.73 Å². The van der Waals surface area contributed by atoms with Gasteiger partial charge in [-0.3, -0.25) is 0 Å². The number of hydrogen-bond donors (Lipinski definition) is 2. The van der Waals surface area contributed by atoms with Gasteiger partial charge in [0.1, 0.15) is 0 Å². The number of likely N-dealkylation sites (tertiary alicyclic amines) is 1. The van der Waals surface area contributed by atoms with Crippen LogP contribution in [0.15, 0.2) is 18.2 Å². The molecule has 2 rings (SSSR count). The minimum absolute atomic E-state index is 0.00249. The third-order valence-corrected chi connectivity index (χ3v) is 4.86. The smallest absolute Gasteiger partial charge is 0.0508 e. The molecule has 4 heteroatoms. The molecular weight excluding hydrogens is 270 g/mol. The SMILES string of the molecule is CCN1CCCC(CN)(Nc2ccc(C)c(Cl)c2)CC1. The third kappa shape index (κ3) is 3.66. The maximum Gasteiger partial charge on any atom is 0.0508 e. The highest BCUT2D eigenvalue weighted by atomic mass is 35.5. The zero-order valence-electron chi connectivity index (χ0n) is 12.6. The van der Waals surface area contributed by atoms with Crippen LogP contribution in [-0.4, -0.2) is 36.6 Å². The number of nitrogens with zero attached hydrogens (tertiary/aromatic N) is 1. The van der Waals surface area contributed by atoms with Crippen molar-refractivity contribution in [3.05, 3.63) is 28.8 Å². The van der Waals surface area contributed by atoms with Crippen LogP contribution in [0.3, 0.4) is 0 Å². The lowest BCUT2D eigenvalue weighted by Gasteiger charge is -2.34. The van der Waals surface area contributed by atoms with Gasteiger partial charge in [-0.25, -0.2) is 0 Å². The molecule has 1 heterocycles. The predicted molar refractivity (Wildman–Crippen MR) is 87.6 cm³/mol. The van der Waals surface area contributed by atoms with Gasteiger partial charge in [-0.2, -0.15) is 0 Å². The van der Waals surface area contributed by atoms with E-state index in [-0.39, 0.29) is 5.54 Å². The fourth-order valence-corrected chi connectivity index (χ4v) is 3.10. The Bertz CT molecular complexity index is 449. The van der Waals surface area contributed by atoms with E-state index in [1.807, 2.05) is 13.0 Å². The van der Waals surface area contributed by atoms with Gasteiger partial charge in [0.15, 0.2) is 0 Å². The molecule has 1 saturated heterocycles. The van der Waals surface area contributed by atoms with Gasteiger partial charge in [0, 0.05) is 23.8 Å². The molecule has 20 heavy (non-hydrogen) atoms. The topological polar surface area (TPSA) is 41.3 Å². The van der Waals surface area contributed by atoms with E-state index in [1.54, 1.807) is 0 Å². The molecule has 0 spiro atoms. The number of rotatable bonds is 4. The average Bonchev–Trinajstić information content (AvgIpc) is 2.66. The number of aryl methyl sites for hydroxylation is 1. The van der Waals surface area contributed by atoms with Gasteiger partial charge < -0.3 is 16.0 Å². The molecule has 1 aromatic rings. The summed E-state index contributed by atoms with van der Waals surface area (Å²) in [4.78, 5) is 2.50. The van der Waals surface area contributed by atoms with Crippen LogP contribution in [-0.2, 0) is 0 Å². The van der Waals surface area contributed by atoms with Gasteiger partial charge >= 0.3 is 0 Å². The van der Waals surface area contributed by atoms with Crippen LogP contribution in [0.4, 0.5) is 5.69 Å². The predicted octanol–water partition coefficient (Wildman–Crippen LogP) is 3.26. The lowest BCUT2D eigenvalue weighted by atomic mass is 9.90. The Labute approximate surface area is 127 Å². The van der Waals surface area contributed by atoms with Crippen molar-refractivity contribution in [2.45, 2.75) is 38.6 Å². The number of nitrogens with one attached hydrogen (secondary N) is 1. The Balaban J connectivity index is 2.12. The molecular formula is C16H26ClN3. The molecule has 1 unspecified atom stereocenters. The first-order chi connectivity index (χ1) is 9.58. The van der Waals surface area contributed by atoms with E-state index in [9.17, 15) is 0 Å². The summed E-state index contributed by atoms with van der Waals surface area (Å²) in [5, 5.41) is 4.47. The fraction of sp³-hybridized carbons (Fsp3) is 0.625. The van der Waals surface area contributed by atoms with E-state index in [0.29, 0.717) is 6.54 Å². The second-order valence-corrected chi connectivity index (χ2v) is 6.27. The maximum atomic E-state index is 6.22. The summed E-state index contributed by atoms with van der Waals surface area (Å²) < 4.78 is 0. The Morgan fingerprint density at radius 1 is 1.35 bits per heavy atom. The zero-order chi connectivity index (χ0) is 14.6. The molecule has 0 bridgehead atoms. The quantitative estimate of drug-likeness (QED) is 0.896. The molecule has 1 aliphatic heterocycles. The van der Waals surface area contributed by atoms with Crippen molar-refractivity contribution in [1.82, 2.24) is 4.90 Å². The minimum atomic E-state index is 0.00249. The van der Waals surface area contributed by atoms with Gasteiger partial charge in [-0.1, -0.05) is 24.6 Å². The summed E-state index contributed by atoms with van der Waals surface area (Å²) in [6, 6.07) is 6.17. The van der Waals surface area contributed by atoms with Gasteiger partial charge in [0.25, 0.3) is 0 Å². The Hall–Kier alpha value is -0.770. The van der Waals surface area contributed by atoms with E-state index in [4.69, 9.17) is 17.3 Å². The van der Waals surface area contributed by atoms with E-state index >= 15 is 0 Å². The monoisotopic (exact) mass is 295 g/mol. The lowest BCUT2D eigenvalue weighted by molar-refractivity contribution is 0.293. The van der Waals surface area contributed by atoms with Crippen molar-refractivity contribution in [2.75, 3.05) is 31.5 Å². The van der Waals surface area contributed by atoms with Crippen LogP contribution in [0.1, 0.15) is 31.7 Å². The standard InChI is InChI=1S/C16H26ClN3/c1-3-20-9-4-7-16(12-18,8-10-20)19-14-6-5-13(2)15(17)11-14/h5-6,11,19H,3-4,7-10,12,18H2,1-2H3. The van der Waals surface area contributed by atoms with Crippen LogP contribution < -0.4 is 11.1 Å². The van der Waals surface area contributed by atoms with Gasteiger partial charge in [-0.15, -0.1) is 0 Å². The summed E-state index contributed by atoms with van der Waals surface area (Å²) in [6.07, 6.45) is 3.39. The minimum Gasteiger partial charge on any atom is -0.378 e. The fourth-order valence-electron chi connectivity index (χ4n) is 2.92. The summed E-state index contributed by atoms with van der Waals surface area (Å²) in [7, 11) is 0. The number of hydrogen-bond acceptors (Lipinski definition) is 3. The highest BCUT2D eigenvalue weighted by Gasteiger charge is 2.30. The number of nitrogens with two attached hydrogens (primary N) is 1. The van der Waals surface area contributed by atoms with Crippen LogP contribution >= 0.6 is 11.6 Å². The lowest BCUT2D eigenvalue weighted by Crippen LogP contribution is -2.46. The number of anilines is 1. The Morgan fingerprint density at radius 3 is 2.80 bits per heavy atom. The van der Waals surface area contributed by atoms with Gasteiger partial charge in [-0.05, 0) is 57.0 Å². The molecule has 0 aromatic heterocycles. The summed E-state index contributed by atoms with van der Waals surface area (Å²) in [6.45, 7) is 8.32. The molecule has 1 atom stereocenters. The second kappa shape index (κ2) is 6.79. The van der Waals surface area contributed by atoms with Crippen LogP contribution in [0.2, 0.25) is 5.02 Å². The molecule has 3 N–H and O–H groups in total. The summed E-state index contributed by atoms with van der Waals surface area (Å²) in [5.41, 5.74) is 8.29. The number of benzene rings is 1. The zero-order valence-corrected chi connectivity index (χ0v) is 13.3. The van der Waals surface area contributed by atoms with E-state index in [0.717, 1.165) is 42.2 Å². The first kappa shape index (κ1) is 15.6. The Kier molecular flexibility index (Phi) is 5.30. The summed E-state index contributed by atoms with van der Waals surface area (Å²) >= 11 is 6.22. The second-order valence-electron chi connectivity index (χ2n) is 5.86. The van der Waals surface area contributed by atoms with Crippen molar-refractivity contribution in [1.29, 1.82) is 0 Å². The molecule has 1 aliphatic rings. The van der Waals surface area contributed by atoms with E-state index in [1.165, 1.54) is 13.0 Å². The Morgan fingerprint density at radius 2 is 2.15 bits per heavy atom. The highest BCUT2D eigenvalue weighted by molar-refractivity contribution is 6.31. The molecule has 3 nitrogen and oxygen atoms in total. The average molecular weight is 296 g/mol. The molecule has 1 fully saturated rings. The largest absolute Gasteiger partial charge is 0.378 e. The summed E-state index contributed by atoms with van der Waals surface area (Å²) in [5.74, 6) is 0. The van der Waals surface area contributed by atoms with Gasteiger partial charge in [0.05, 0.1) is 5.54 Å². The van der Waals surface area contributed by atoms with Crippen molar-refractivity contribution in [3.8, 4) is 0 Å². The van der Waals surface area contributed by atoms with Crippen molar-refractivity contribution >= 4 is 17.3 Å². The van der Waals surface area contributed by atoms with Crippen molar-refractivity contribution < 1.29 is 0 Å². The van der Waals surface area contributed by atoms with Gasteiger partial charge in [0.2, 0.25) is 0 Å². The molecule has 1 aromatic carbocycles. The van der Waals surface area contributed by atoms with E-state index in [2.05, 4.69) is 29.3 Å². The van der Waals surface area contributed by atoms with Crippen LogP contribution in [0, 0.1) is 6.92 Å². The molecule has 0 amide bonds.